The molecule has 0 aromatic heterocycles. The van der Waals surface area contributed by atoms with Gasteiger partial charge in [-0.15, -0.1) is 0 Å². The highest BCUT2D eigenvalue weighted by molar-refractivity contribution is 4.84. The Morgan fingerprint density at radius 1 is 1.13 bits per heavy atom. The molecule has 0 amide bonds. The summed E-state index contributed by atoms with van der Waals surface area (Å²) in [7, 11) is 0. The molecule has 15 heavy (non-hydrogen) atoms. The molecule has 1 heteroatoms. The first-order valence-electron chi connectivity index (χ1n) is 6.80. The van der Waals surface area contributed by atoms with Crippen molar-refractivity contribution in [2.45, 2.75) is 84.7 Å². The minimum Gasteiger partial charge on any atom is -0.311 e. The first-order valence-corrected chi connectivity index (χ1v) is 6.80. The Balaban J connectivity index is 2.42. The maximum atomic E-state index is 3.90. The number of hydrogen-bond donors (Lipinski definition) is 1. The zero-order valence-corrected chi connectivity index (χ0v) is 11.1. The normalized spacial score (nSPS) is 21.6. The van der Waals surface area contributed by atoms with Gasteiger partial charge in [-0.25, -0.2) is 0 Å². The molecular formula is C14H29N. The van der Waals surface area contributed by atoms with Crippen LogP contribution in [-0.4, -0.2) is 12.1 Å². The Labute approximate surface area is 96.0 Å². The van der Waals surface area contributed by atoms with E-state index >= 15 is 0 Å². The first kappa shape index (κ1) is 13.0. The van der Waals surface area contributed by atoms with Gasteiger partial charge in [0.05, 0.1) is 0 Å². The van der Waals surface area contributed by atoms with Crippen LogP contribution in [0.1, 0.15) is 72.6 Å². The minimum absolute atomic E-state index is 0.410. The van der Waals surface area contributed by atoms with Crippen LogP contribution in [0.15, 0.2) is 0 Å². The maximum Gasteiger partial charge on any atom is 0.0118 e. The van der Waals surface area contributed by atoms with E-state index in [1.54, 1.807) is 0 Å². The Kier molecular flexibility index (Phi) is 5.11. The van der Waals surface area contributed by atoms with Crippen molar-refractivity contribution in [1.29, 1.82) is 0 Å². The molecule has 1 fully saturated rings. The lowest BCUT2D eigenvalue weighted by molar-refractivity contribution is 0.212. The highest BCUT2D eigenvalue weighted by Crippen LogP contribution is 2.26. The summed E-state index contributed by atoms with van der Waals surface area (Å²) < 4.78 is 0. The molecule has 1 aliphatic rings. The molecule has 1 saturated carbocycles. The van der Waals surface area contributed by atoms with E-state index < -0.39 is 0 Å². The molecular weight excluding hydrogens is 182 g/mol. The standard InChI is InChI=1S/C14H29N/c1-5-9-13(14(2,3)4)15-12-10-7-6-8-11-12/h12-13,15H,5-11H2,1-4H3. The molecule has 0 saturated heterocycles. The van der Waals surface area contributed by atoms with Gasteiger partial charge in [0.25, 0.3) is 0 Å². The topological polar surface area (TPSA) is 12.0 Å². The molecule has 1 N–H and O–H groups in total. The molecule has 90 valence electrons. The van der Waals surface area contributed by atoms with Crippen molar-refractivity contribution >= 4 is 0 Å². The first-order chi connectivity index (χ1) is 7.04. The van der Waals surface area contributed by atoms with Gasteiger partial charge < -0.3 is 5.32 Å². The zero-order chi connectivity index (χ0) is 11.3. The highest BCUT2D eigenvalue weighted by Gasteiger charge is 2.26. The van der Waals surface area contributed by atoms with Crippen molar-refractivity contribution in [3.8, 4) is 0 Å². The second-order valence-electron chi connectivity index (χ2n) is 6.21. The molecule has 1 rings (SSSR count). The van der Waals surface area contributed by atoms with Gasteiger partial charge in [0, 0.05) is 12.1 Å². The number of nitrogens with one attached hydrogen (secondary N) is 1. The van der Waals surface area contributed by atoms with Gasteiger partial charge in [0.15, 0.2) is 0 Å². The van der Waals surface area contributed by atoms with Crippen LogP contribution in [0.3, 0.4) is 0 Å². The fourth-order valence-electron chi connectivity index (χ4n) is 2.61. The molecule has 0 radical (unpaired) electrons. The van der Waals surface area contributed by atoms with Crippen LogP contribution in [0.25, 0.3) is 0 Å². The lowest BCUT2D eigenvalue weighted by atomic mass is 9.82. The van der Waals surface area contributed by atoms with Crippen molar-refractivity contribution in [1.82, 2.24) is 5.32 Å². The Bertz CT molecular complexity index is 163. The van der Waals surface area contributed by atoms with E-state index in [0.29, 0.717) is 11.5 Å². The summed E-state index contributed by atoms with van der Waals surface area (Å²) in [6, 6.07) is 1.50. The second kappa shape index (κ2) is 5.89. The average molecular weight is 211 g/mol. The van der Waals surface area contributed by atoms with Gasteiger partial charge in [0.2, 0.25) is 0 Å². The van der Waals surface area contributed by atoms with Gasteiger partial charge in [-0.1, -0.05) is 53.4 Å². The fraction of sp³-hybridized carbons (Fsp3) is 1.00. The quantitative estimate of drug-likeness (QED) is 0.737. The molecule has 1 unspecified atom stereocenters. The molecule has 0 spiro atoms. The van der Waals surface area contributed by atoms with Crippen molar-refractivity contribution in [3.63, 3.8) is 0 Å². The largest absolute Gasteiger partial charge is 0.311 e. The molecule has 0 aromatic rings. The van der Waals surface area contributed by atoms with E-state index in [-0.39, 0.29) is 0 Å². The molecule has 0 heterocycles. The van der Waals surface area contributed by atoms with E-state index in [2.05, 4.69) is 33.0 Å². The van der Waals surface area contributed by atoms with Crippen LogP contribution in [0.2, 0.25) is 0 Å². The summed E-state index contributed by atoms with van der Waals surface area (Å²) in [5.74, 6) is 0. The zero-order valence-electron chi connectivity index (χ0n) is 11.1. The summed E-state index contributed by atoms with van der Waals surface area (Å²) in [5, 5.41) is 3.90. The van der Waals surface area contributed by atoms with E-state index in [1.807, 2.05) is 0 Å². The molecule has 0 aliphatic heterocycles. The predicted molar refractivity (Wildman–Crippen MR) is 68.2 cm³/mol. The second-order valence-corrected chi connectivity index (χ2v) is 6.21. The van der Waals surface area contributed by atoms with Crippen molar-refractivity contribution in [2.24, 2.45) is 5.41 Å². The van der Waals surface area contributed by atoms with Gasteiger partial charge in [0.1, 0.15) is 0 Å². The van der Waals surface area contributed by atoms with Gasteiger partial charge in [-0.3, -0.25) is 0 Å². The molecule has 1 aliphatic carbocycles. The number of rotatable bonds is 4. The third-order valence-electron chi connectivity index (χ3n) is 3.66. The van der Waals surface area contributed by atoms with Gasteiger partial charge >= 0.3 is 0 Å². The van der Waals surface area contributed by atoms with Crippen LogP contribution in [0, 0.1) is 5.41 Å². The van der Waals surface area contributed by atoms with Gasteiger partial charge in [-0.05, 0) is 24.7 Å². The highest BCUT2D eigenvalue weighted by atomic mass is 15.0. The van der Waals surface area contributed by atoms with Gasteiger partial charge in [-0.2, -0.15) is 0 Å². The summed E-state index contributed by atoms with van der Waals surface area (Å²) in [6.45, 7) is 9.39. The van der Waals surface area contributed by atoms with Crippen LogP contribution in [-0.2, 0) is 0 Å². The third-order valence-corrected chi connectivity index (χ3v) is 3.66. The lowest BCUT2D eigenvalue weighted by Crippen LogP contribution is -2.46. The minimum atomic E-state index is 0.410. The lowest BCUT2D eigenvalue weighted by Gasteiger charge is -2.36. The van der Waals surface area contributed by atoms with Crippen molar-refractivity contribution in [2.75, 3.05) is 0 Å². The summed E-state index contributed by atoms with van der Waals surface area (Å²) in [5.41, 5.74) is 0.410. The van der Waals surface area contributed by atoms with E-state index in [1.165, 1.54) is 44.9 Å². The summed E-state index contributed by atoms with van der Waals surface area (Å²) in [6.07, 6.45) is 9.72. The molecule has 0 bridgehead atoms. The monoisotopic (exact) mass is 211 g/mol. The average Bonchev–Trinajstić information content (AvgIpc) is 2.17. The van der Waals surface area contributed by atoms with Crippen LogP contribution in [0.4, 0.5) is 0 Å². The fourth-order valence-corrected chi connectivity index (χ4v) is 2.61. The van der Waals surface area contributed by atoms with E-state index in [9.17, 15) is 0 Å². The van der Waals surface area contributed by atoms with Crippen molar-refractivity contribution < 1.29 is 0 Å². The maximum absolute atomic E-state index is 3.90. The van der Waals surface area contributed by atoms with Crippen molar-refractivity contribution in [3.05, 3.63) is 0 Å². The molecule has 1 nitrogen and oxygen atoms in total. The number of hydrogen-bond acceptors (Lipinski definition) is 1. The Hall–Kier alpha value is -0.0400. The Morgan fingerprint density at radius 3 is 2.20 bits per heavy atom. The van der Waals surface area contributed by atoms with Crippen LogP contribution < -0.4 is 5.32 Å². The predicted octanol–water partition coefficient (Wildman–Crippen LogP) is 4.12. The van der Waals surface area contributed by atoms with E-state index in [4.69, 9.17) is 0 Å². The Morgan fingerprint density at radius 2 is 1.73 bits per heavy atom. The smallest absolute Gasteiger partial charge is 0.0118 e. The summed E-state index contributed by atoms with van der Waals surface area (Å²) >= 11 is 0. The SMILES string of the molecule is CCCC(NC1CCCCC1)C(C)(C)C. The summed E-state index contributed by atoms with van der Waals surface area (Å²) in [4.78, 5) is 0. The van der Waals surface area contributed by atoms with Crippen LogP contribution >= 0.6 is 0 Å². The third kappa shape index (κ3) is 4.55. The van der Waals surface area contributed by atoms with E-state index in [0.717, 1.165) is 6.04 Å². The van der Waals surface area contributed by atoms with Crippen LogP contribution in [0.5, 0.6) is 0 Å². The molecule has 1 atom stereocenters. The molecule has 0 aromatic carbocycles.